The first-order chi connectivity index (χ1) is 10.8. The van der Waals surface area contributed by atoms with Crippen LogP contribution in [0.5, 0.6) is 0 Å². The summed E-state index contributed by atoms with van der Waals surface area (Å²) in [6.45, 7) is 10.3. The lowest BCUT2D eigenvalue weighted by Crippen LogP contribution is -2.30. The van der Waals surface area contributed by atoms with Crippen LogP contribution in [0.15, 0.2) is 18.2 Å². The number of aryl methyl sites for hydroxylation is 1. The zero-order chi connectivity index (χ0) is 18.7. The predicted molar refractivity (Wildman–Crippen MR) is 93.9 cm³/mol. The molecule has 0 radical (unpaired) electrons. The van der Waals surface area contributed by atoms with Crippen LogP contribution in [-0.2, 0) is 14.4 Å². The number of nitrogens with one attached hydrogen (secondary N) is 2. The van der Waals surface area contributed by atoms with E-state index in [4.69, 9.17) is 5.11 Å². The Morgan fingerprint density at radius 2 is 1.62 bits per heavy atom. The third-order valence-corrected chi connectivity index (χ3v) is 3.63. The fourth-order valence-electron chi connectivity index (χ4n) is 1.82. The molecule has 0 spiro atoms. The SMILES string of the molecule is Cc1ccc(NC(=O)C(C)(C)C)cc1NC(=O)CC(C)(C)C(=O)O. The van der Waals surface area contributed by atoms with Gasteiger partial charge in [-0.3, -0.25) is 14.4 Å². The number of carbonyl (C=O) groups excluding carboxylic acids is 2. The second kappa shape index (κ2) is 7.03. The average Bonchev–Trinajstić information content (AvgIpc) is 2.40. The van der Waals surface area contributed by atoms with Crippen LogP contribution in [-0.4, -0.2) is 22.9 Å². The van der Waals surface area contributed by atoms with Gasteiger partial charge in [0.2, 0.25) is 11.8 Å². The van der Waals surface area contributed by atoms with E-state index in [1.165, 1.54) is 13.8 Å². The Kier molecular flexibility index (Phi) is 5.76. The van der Waals surface area contributed by atoms with Crippen LogP contribution in [0.3, 0.4) is 0 Å². The normalized spacial score (nSPS) is 11.8. The summed E-state index contributed by atoms with van der Waals surface area (Å²) in [6.07, 6.45) is -0.139. The summed E-state index contributed by atoms with van der Waals surface area (Å²) in [5, 5.41) is 14.6. The van der Waals surface area contributed by atoms with Crippen molar-refractivity contribution < 1.29 is 19.5 Å². The lowest BCUT2D eigenvalue weighted by atomic mass is 9.89. The Morgan fingerprint density at radius 3 is 2.12 bits per heavy atom. The predicted octanol–water partition coefficient (Wildman–Crippen LogP) is 3.42. The smallest absolute Gasteiger partial charge is 0.309 e. The maximum Gasteiger partial charge on any atom is 0.309 e. The minimum atomic E-state index is -1.14. The van der Waals surface area contributed by atoms with Crippen molar-refractivity contribution in [3.05, 3.63) is 23.8 Å². The molecule has 6 nitrogen and oxygen atoms in total. The molecule has 6 heteroatoms. The average molecular weight is 334 g/mol. The molecular weight excluding hydrogens is 308 g/mol. The van der Waals surface area contributed by atoms with E-state index in [1.807, 2.05) is 27.7 Å². The van der Waals surface area contributed by atoms with Gasteiger partial charge in [-0.05, 0) is 38.5 Å². The van der Waals surface area contributed by atoms with Gasteiger partial charge in [0.05, 0.1) is 5.41 Å². The van der Waals surface area contributed by atoms with Crippen LogP contribution < -0.4 is 10.6 Å². The molecule has 0 saturated carbocycles. The molecule has 2 amide bonds. The van der Waals surface area contributed by atoms with Gasteiger partial charge in [0.25, 0.3) is 0 Å². The molecule has 24 heavy (non-hydrogen) atoms. The molecule has 1 aromatic carbocycles. The molecule has 0 bridgehead atoms. The van der Waals surface area contributed by atoms with Gasteiger partial charge >= 0.3 is 5.97 Å². The summed E-state index contributed by atoms with van der Waals surface area (Å²) in [5.74, 6) is -1.54. The summed E-state index contributed by atoms with van der Waals surface area (Å²) in [6, 6.07) is 5.22. The maximum absolute atomic E-state index is 12.1. The molecule has 0 unspecified atom stereocenters. The summed E-state index contributed by atoms with van der Waals surface area (Å²) < 4.78 is 0. The van der Waals surface area contributed by atoms with E-state index >= 15 is 0 Å². The largest absolute Gasteiger partial charge is 0.481 e. The van der Waals surface area contributed by atoms with Gasteiger partial charge < -0.3 is 15.7 Å². The third kappa shape index (κ3) is 5.37. The van der Waals surface area contributed by atoms with Crippen molar-refractivity contribution in [1.82, 2.24) is 0 Å². The fraction of sp³-hybridized carbons (Fsp3) is 0.500. The number of carbonyl (C=O) groups is 3. The Hall–Kier alpha value is -2.37. The van der Waals surface area contributed by atoms with E-state index < -0.39 is 16.8 Å². The number of amides is 2. The summed E-state index contributed by atoms with van der Waals surface area (Å²) in [5.41, 5.74) is 0.280. The Balaban J connectivity index is 2.89. The van der Waals surface area contributed by atoms with Crippen molar-refractivity contribution in [3.63, 3.8) is 0 Å². The molecule has 0 aromatic heterocycles. The number of rotatable bonds is 5. The Morgan fingerprint density at radius 1 is 1.04 bits per heavy atom. The highest BCUT2D eigenvalue weighted by atomic mass is 16.4. The molecule has 0 heterocycles. The summed E-state index contributed by atoms with van der Waals surface area (Å²) in [7, 11) is 0. The lowest BCUT2D eigenvalue weighted by Gasteiger charge is -2.20. The van der Waals surface area contributed by atoms with Crippen LogP contribution in [0, 0.1) is 17.8 Å². The Labute approximate surface area is 142 Å². The minimum Gasteiger partial charge on any atom is -0.481 e. The molecule has 1 aromatic rings. The zero-order valence-corrected chi connectivity index (χ0v) is 15.1. The van der Waals surface area contributed by atoms with Crippen LogP contribution >= 0.6 is 0 Å². The van der Waals surface area contributed by atoms with Gasteiger partial charge in [0.1, 0.15) is 0 Å². The number of carboxylic acids is 1. The Bertz CT molecular complexity index is 657. The second-order valence-electron chi connectivity index (χ2n) is 7.65. The van der Waals surface area contributed by atoms with Gasteiger partial charge in [0.15, 0.2) is 0 Å². The van der Waals surface area contributed by atoms with Crippen LogP contribution in [0.25, 0.3) is 0 Å². The molecule has 0 fully saturated rings. The topological polar surface area (TPSA) is 95.5 Å². The highest BCUT2D eigenvalue weighted by Crippen LogP contribution is 2.25. The third-order valence-electron chi connectivity index (χ3n) is 3.63. The molecule has 0 aliphatic rings. The van der Waals surface area contributed by atoms with Crippen LogP contribution in [0.4, 0.5) is 11.4 Å². The van der Waals surface area contributed by atoms with Gasteiger partial charge in [-0.25, -0.2) is 0 Å². The van der Waals surface area contributed by atoms with E-state index in [9.17, 15) is 14.4 Å². The van der Waals surface area contributed by atoms with Crippen molar-refractivity contribution in [2.24, 2.45) is 10.8 Å². The fourth-order valence-corrected chi connectivity index (χ4v) is 1.82. The summed E-state index contributed by atoms with van der Waals surface area (Å²) in [4.78, 5) is 35.3. The molecule has 132 valence electrons. The molecular formula is C18H26N2O4. The highest BCUT2D eigenvalue weighted by molar-refractivity contribution is 5.97. The number of hydrogen-bond acceptors (Lipinski definition) is 3. The highest BCUT2D eigenvalue weighted by Gasteiger charge is 2.30. The minimum absolute atomic E-state index is 0.129. The maximum atomic E-state index is 12.1. The summed E-state index contributed by atoms with van der Waals surface area (Å²) >= 11 is 0. The number of benzene rings is 1. The van der Waals surface area contributed by atoms with Crippen LogP contribution in [0.1, 0.15) is 46.6 Å². The quantitative estimate of drug-likeness (QED) is 0.769. The number of aliphatic carboxylic acids is 1. The van der Waals surface area contributed by atoms with E-state index in [0.29, 0.717) is 11.4 Å². The zero-order valence-electron chi connectivity index (χ0n) is 15.1. The first kappa shape index (κ1) is 19.7. The number of carboxylic acid groups (broad SMARTS) is 1. The molecule has 0 atom stereocenters. The number of anilines is 2. The van der Waals surface area contributed by atoms with Gasteiger partial charge in [-0.2, -0.15) is 0 Å². The van der Waals surface area contributed by atoms with Gasteiger partial charge in [-0.1, -0.05) is 26.8 Å². The van der Waals surface area contributed by atoms with E-state index in [0.717, 1.165) is 5.56 Å². The van der Waals surface area contributed by atoms with E-state index in [-0.39, 0.29) is 18.2 Å². The first-order valence-electron chi connectivity index (χ1n) is 7.78. The van der Waals surface area contributed by atoms with Crippen molar-refractivity contribution in [2.45, 2.75) is 48.0 Å². The molecule has 0 aliphatic carbocycles. The monoisotopic (exact) mass is 334 g/mol. The molecule has 0 aliphatic heterocycles. The van der Waals surface area contributed by atoms with Crippen molar-refractivity contribution in [1.29, 1.82) is 0 Å². The lowest BCUT2D eigenvalue weighted by molar-refractivity contribution is -0.149. The molecule has 0 saturated heterocycles. The van der Waals surface area contributed by atoms with E-state index in [2.05, 4.69) is 10.6 Å². The van der Waals surface area contributed by atoms with Gasteiger partial charge in [-0.15, -0.1) is 0 Å². The second-order valence-corrected chi connectivity index (χ2v) is 7.65. The van der Waals surface area contributed by atoms with Crippen molar-refractivity contribution in [3.8, 4) is 0 Å². The van der Waals surface area contributed by atoms with Crippen molar-refractivity contribution in [2.75, 3.05) is 10.6 Å². The van der Waals surface area contributed by atoms with Crippen molar-refractivity contribution >= 4 is 29.2 Å². The van der Waals surface area contributed by atoms with Gasteiger partial charge in [0, 0.05) is 23.2 Å². The molecule has 1 rings (SSSR count). The van der Waals surface area contributed by atoms with Crippen LogP contribution in [0.2, 0.25) is 0 Å². The number of hydrogen-bond donors (Lipinski definition) is 3. The molecule has 3 N–H and O–H groups in total. The standard InChI is InChI=1S/C18H26N2O4/c1-11-7-8-12(19-15(22)17(2,3)4)9-13(11)20-14(21)10-18(5,6)16(23)24/h7-9H,10H2,1-6H3,(H,19,22)(H,20,21)(H,23,24). The van der Waals surface area contributed by atoms with E-state index in [1.54, 1.807) is 18.2 Å². The first-order valence-corrected chi connectivity index (χ1v) is 7.78.